The lowest BCUT2D eigenvalue weighted by Gasteiger charge is -2.22. The Morgan fingerprint density at radius 2 is 1.24 bits per heavy atom. The fourth-order valence-electron chi connectivity index (χ4n) is 8.40. The molecule has 58 heavy (non-hydrogen) atoms. The highest BCUT2D eigenvalue weighted by molar-refractivity contribution is 6.10. The summed E-state index contributed by atoms with van der Waals surface area (Å²) >= 11 is 0. The molecule has 0 radical (unpaired) electrons. The molecule has 280 valence electrons. The van der Waals surface area contributed by atoms with Crippen LogP contribution in [0.3, 0.4) is 0 Å². The van der Waals surface area contributed by atoms with Crippen molar-refractivity contribution in [3.63, 3.8) is 0 Å². The molecule has 5 nitrogen and oxygen atoms in total. The van der Waals surface area contributed by atoms with Crippen LogP contribution >= 0.6 is 0 Å². The fraction of sp³-hybridized carbons (Fsp3) is 0.0943. The zero-order valence-corrected chi connectivity index (χ0v) is 32.7. The number of benzene rings is 7. The quantitative estimate of drug-likeness (QED) is 0.100. The first kappa shape index (κ1) is 36.4. The molecule has 2 heterocycles. The van der Waals surface area contributed by atoms with Crippen LogP contribution in [0.25, 0.3) is 66.0 Å². The van der Waals surface area contributed by atoms with Gasteiger partial charge >= 0.3 is 0 Å². The zero-order valence-electron chi connectivity index (χ0n) is 32.7. The number of amidine groups is 1. The standard InChI is InChI=1S/C45H34N4.C8H9N/c1-45(2)39-19-17-29-10-6-7-14-35(29)41(39)37-18-16-31(26-40(37)45)33-22-28(27-49-44(46)30-11-4-3-5-12-30)23-34(24-33)38-25-32-13-8-20-47-42(32)43-36(38)15-9-21-48-43;1-9-7-8-5-3-2-4-6-8/h3-26H,27H2,1-2H3,(H2,46,49);2-6H,1,7H2. The lowest BCUT2D eigenvalue weighted by molar-refractivity contribution is 0.661. The summed E-state index contributed by atoms with van der Waals surface area (Å²) in [7, 11) is 0. The van der Waals surface area contributed by atoms with Crippen molar-refractivity contribution < 1.29 is 0 Å². The number of hydrogen-bond donors (Lipinski definition) is 1. The van der Waals surface area contributed by atoms with Crippen molar-refractivity contribution in [2.75, 3.05) is 0 Å². The van der Waals surface area contributed by atoms with Gasteiger partial charge in [-0.1, -0.05) is 135 Å². The lowest BCUT2D eigenvalue weighted by atomic mass is 9.81. The summed E-state index contributed by atoms with van der Waals surface area (Å²) in [5.41, 5.74) is 21.3. The molecule has 9 aromatic rings. The molecule has 0 aliphatic heterocycles. The highest BCUT2D eigenvalue weighted by atomic mass is 14.8. The molecule has 0 bridgehead atoms. The Morgan fingerprint density at radius 1 is 0.552 bits per heavy atom. The van der Waals surface area contributed by atoms with Gasteiger partial charge in [0.2, 0.25) is 0 Å². The molecule has 0 amide bonds. The van der Waals surface area contributed by atoms with Crippen LogP contribution in [0.2, 0.25) is 0 Å². The number of hydrogen-bond acceptors (Lipinski definition) is 4. The van der Waals surface area contributed by atoms with E-state index in [9.17, 15) is 0 Å². The van der Waals surface area contributed by atoms with Gasteiger partial charge in [-0.15, -0.1) is 0 Å². The second-order valence-electron chi connectivity index (χ2n) is 15.3. The Hall–Kier alpha value is -7.24. The van der Waals surface area contributed by atoms with Crippen LogP contribution in [0, 0.1) is 0 Å². The van der Waals surface area contributed by atoms with Gasteiger partial charge in [0.05, 0.1) is 24.1 Å². The van der Waals surface area contributed by atoms with E-state index in [4.69, 9.17) is 20.7 Å². The molecule has 1 aliphatic rings. The minimum absolute atomic E-state index is 0.132. The molecule has 10 rings (SSSR count). The summed E-state index contributed by atoms with van der Waals surface area (Å²) < 4.78 is 0. The predicted molar refractivity (Wildman–Crippen MR) is 244 cm³/mol. The third kappa shape index (κ3) is 6.81. The molecule has 0 fully saturated rings. The normalized spacial score (nSPS) is 12.8. The molecule has 1 aliphatic carbocycles. The monoisotopic (exact) mass is 749 g/mol. The van der Waals surface area contributed by atoms with Gasteiger partial charge in [-0.3, -0.25) is 20.0 Å². The Morgan fingerprint density at radius 3 is 2.05 bits per heavy atom. The molecule has 2 N–H and O–H groups in total. The van der Waals surface area contributed by atoms with Gasteiger partial charge in [0.1, 0.15) is 5.84 Å². The first-order valence-corrected chi connectivity index (χ1v) is 19.6. The summed E-state index contributed by atoms with van der Waals surface area (Å²) in [5, 5.41) is 4.71. The molecular weight excluding hydrogens is 707 g/mol. The first-order chi connectivity index (χ1) is 28.4. The molecule has 2 aromatic heterocycles. The molecule has 0 saturated heterocycles. The van der Waals surface area contributed by atoms with E-state index in [-0.39, 0.29) is 5.41 Å². The fourth-order valence-corrected chi connectivity index (χ4v) is 8.40. The number of aliphatic imine (C=N–C) groups is 2. The average molecular weight is 750 g/mol. The number of fused-ring (bicyclic) bond motifs is 8. The Kier molecular flexibility index (Phi) is 9.64. The van der Waals surface area contributed by atoms with E-state index < -0.39 is 0 Å². The van der Waals surface area contributed by atoms with E-state index >= 15 is 0 Å². The van der Waals surface area contributed by atoms with Crippen LogP contribution in [0.5, 0.6) is 0 Å². The number of aromatic nitrogens is 2. The Balaban J connectivity index is 0.000000430. The van der Waals surface area contributed by atoms with Gasteiger partial charge in [-0.25, -0.2) is 0 Å². The van der Waals surface area contributed by atoms with Gasteiger partial charge in [0.15, 0.2) is 0 Å². The lowest BCUT2D eigenvalue weighted by Crippen LogP contribution is -2.15. The summed E-state index contributed by atoms with van der Waals surface area (Å²) in [6, 6.07) is 57.6. The third-order valence-corrected chi connectivity index (χ3v) is 11.3. The highest BCUT2D eigenvalue weighted by Gasteiger charge is 2.36. The smallest absolute Gasteiger partial charge is 0.125 e. The van der Waals surface area contributed by atoms with Crippen LogP contribution in [0.4, 0.5) is 0 Å². The summed E-state index contributed by atoms with van der Waals surface area (Å²) in [6.45, 7) is 9.29. The minimum Gasteiger partial charge on any atom is -0.383 e. The summed E-state index contributed by atoms with van der Waals surface area (Å²) in [6.07, 6.45) is 3.68. The molecule has 7 aromatic carbocycles. The maximum absolute atomic E-state index is 6.49. The number of nitrogens with zero attached hydrogens (tertiary/aromatic N) is 4. The second-order valence-corrected chi connectivity index (χ2v) is 15.3. The van der Waals surface area contributed by atoms with Crippen molar-refractivity contribution in [2.45, 2.75) is 32.4 Å². The van der Waals surface area contributed by atoms with Gasteiger partial charge in [0, 0.05) is 34.1 Å². The average Bonchev–Trinajstić information content (AvgIpc) is 3.51. The van der Waals surface area contributed by atoms with E-state index in [1.54, 1.807) is 0 Å². The molecule has 5 heteroatoms. The Labute approximate surface area is 339 Å². The number of rotatable bonds is 7. The Bertz CT molecular complexity index is 3000. The van der Waals surface area contributed by atoms with Crippen LogP contribution in [-0.4, -0.2) is 22.5 Å². The van der Waals surface area contributed by atoms with Crippen LogP contribution in [0.15, 0.2) is 186 Å². The SMILES string of the molecule is C=NCc1ccccc1.CC1(C)c2cc(-c3cc(CN=C(N)c4ccccc4)cc(-c4cc5cccnc5c5ncccc45)c3)ccc2-c2c1ccc1ccccc21. The number of pyridine rings is 2. The van der Waals surface area contributed by atoms with Crippen molar-refractivity contribution in [2.24, 2.45) is 15.7 Å². The summed E-state index contributed by atoms with van der Waals surface area (Å²) in [4.78, 5) is 18.1. The van der Waals surface area contributed by atoms with E-state index in [1.807, 2.05) is 85.2 Å². The van der Waals surface area contributed by atoms with E-state index in [2.05, 4.69) is 117 Å². The van der Waals surface area contributed by atoms with Gasteiger partial charge < -0.3 is 5.73 Å². The second kappa shape index (κ2) is 15.4. The van der Waals surface area contributed by atoms with Gasteiger partial charge in [0.25, 0.3) is 0 Å². The van der Waals surface area contributed by atoms with Crippen molar-refractivity contribution in [1.82, 2.24) is 9.97 Å². The molecule has 0 atom stereocenters. The van der Waals surface area contributed by atoms with Crippen LogP contribution < -0.4 is 5.73 Å². The first-order valence-electron chi connectivity index (χ1n) is 19.6. The van der Waals surface area contributed by atoms with Crippen molar-refractivity contribution >= 4 is 45.1 Å². The van der Waals surface area contributed by atoms with Crippen molar-refractivity contribution in [1.29, 1.82) is 0 Å². The third-order valence-electron chi connectivity index (χ3n) is 11.3. The van der Waals surface area contributed by atoms with Crippen LogP contribution in [-0.2, 0) is 18.5 Å². The van der Waals surface area contributed by atoms with Crippen LogP contribution in [0.1, 0.15) is 41.7 Å². The molecular formula is C53H43N5. The van der Waals surface area contributed by atoms with Crippen molar-refractivity contribution in [3.05, 3.63) is 204 Å². The number of nitrogens with two attached hydrogens (primary N) is 1. The topological polar surface area (TPSA) is 76.5 Å². The van der Waals surface area contributed by atoms with Gasteiger partial charge in [-0.05, 0) is 116 Å². The minimum atomic E-state index is -0.132. The predicted octanol–water partition coefficient (Wildman–Crippen LogP) is 12.4. The van der Waals surface area contributed by atoms with E-state index in [1.165, 1.54) is 44.2 Å². The molecule has 0 spiro atoms. The molecule has 0 saturated carbocycles. The van der Waals surface area contributed by atoms with E-state index in [0.717, 1.165) is 56.2 Å². The molecule has 0 unspecified atom stereocenters. The largest absolute Gasteiger partial charge is 0.383 e. The maximum atomic E-state index is 6.49. The zero-order chi connectivity index (χ0) is 39.6. The highest BCUT2D eigenvalue weighted by Crippen LogP contribution is 2.52. The summed E-state index contributed by atoms with van der Waals surface area (Å²) in [5.74, 6) is 0.531. The van der Waals surface area contributed by atoms with Gasteiger partial charge in [-0.2, -0.15) is 0 Å². The van der Waals surface area contributed by atoms with Crippen molar-refractivity contribution in [3.8, 4) is 33.4 Å². The maximum Gasteiger partial charge on any atom is 0.125 e. The van der Waals surface area contributed by atoms with E-state index in [0.29, 0.717) is 12.4 Å².